The van der Waals surface area contributed by atoms with E-state index in [0.717, 1.165) is 39.4 Å². The van der Waals surface area contributed by atoms with Crippen LogP contribution in [-0.2, 0) is 4.74 Å². The lowest BCUT2D eigenvalue weighted by Gasteiger charge is -2.26. The summed E-state index contributed by atoms with van der Waals surface area (Å²) in [4.78, 5) is 22.4. The smallest absolute Gasteiger partial charge is 0.270 e. The zero-order chi connectivity index (χ0) is 14.9. The molecule has 2 N–H and O–H groups in total. The number of carbonyl (C=O) groups excluding carboxylic acids is 1. The van der Waals surface area contributed by atoms with Crippen LogP contribution in [0.3, 0.4) is 0 Å². The van der Waals surface area contributed by atoms with Gasteiger partial charge in [0, 0.05) is 38.9 Å². The minimum absolute atomic E-state index is 0.228. The second kappa shape index (κ2) is 8.33. The number of hydrogen-bond donors (Lipinski definition) is 2. The minimum atomic E-state index is -0.228. The fraction of sp³-hybridized carbons (Fsp3) is 0.500. The first-order valence-electron chi connectivity index (χ1n) is 7.05. The van der Waals surface area contributed by atoms with Gasteiger partial charge in [-0.1, -0.05) is 6.08 Å². The molecule has 0 unspecified atom stereocenters. The Kier molecular flexibility index (Phi) is 6.11. The molecule has 0 aromatic carbocycles. The molecule has 0 aliphatic carbocycles. The van der Waals surface area contributed by atoms with E-state index in [1.165, 1.54) is 0 Å². The summed E-state index contributed by atoms with van der Waals surface area (Å²) >= 11 is 0. The Labute approximate surface area is 124 Å². The summed E-state index contributed by atoms with van der Waals surface area (Å²) in [7, 11) is 0. The molecule has 0 atom stereocenters. The third-order valence-electron chi connectivity index (χ3n) is 3.11. The molecule has 1 aliphatic rings. The van der Waals surface area contributed by atoms with Crippen molar-refractivity contribution < 1.29 is 9.53 Å². The van der Waals surface area contributed by atoms with Crippen LogP contribution in [0.15, 0.2) is 24.9 Å². The molecule has 1 aromatic rings. The summed E-state index contributed by atoms with van der Waals surface area (Å²) in [5.74, 6) is 0.239. The highest BCUT2D eigenvalue weighted by Crippen LogP contribution is 2.01. The number of morpholine rings is 1. The summed E-state index contributed by atoms with van der Waals surface area (Å²) in [6, 6.07) is 1.59. The molecule has 1 aliphatic heterocycles. The number of ether oxygens (including phenoxy) is 1. The predicted octanol–water partition coefficient (Wildman–Crippen LogP) is 0.137. The van der Waals surface area contributed by atoms with Crippen LogP contribution in [0, 0.1) is 0 Å². The number of rotatable bonds is 7. The third kappa shape index (κ3) is 5.13. The van der Waals surface area contributed by atoms with Gasteiger partial charge in [0.2, 0.25) is 5.95 Å². The van der Waals surface area contributed by atoms with E-state index in [-0.39, 0.29) is 5.91 Å². The van der Waals surface area contributed by atoms with E-state index in [4.69, 9.17) is 4.74 Å². The fourth-order valence-corrected chi connectivity index (χ4v) is 1.98. The molecule has 2 heterocycles. The average molecular weight is 291 g/mol. The lowest BCUT2D eigenvalue weighted by atomic mass is 10.4. The van der Waals surface area contributed by atoms with Crippen LogP contribution < -0.4 is 10.6 Å². The Balaban J connectivity index is 1.80. The Hall–Kier alpha value is -1.99. The molecule has 1 saturated heterocycles. The summed E-state index contributed by atoms with van der Waals surface area (Å²) < 4.78 is 5.30. The molecular formula is C14H21N5O2. The van der Waals surface area contributed by atoms with E-state index in [1.807, 2.05) is 0 Å². The molecule has 0 radical (unpaired) electrons. The molecule has 0 saturated carbocycles. The number of aromatic nitrogens is 2. The molecule has 114 valence electrons. The maximum Gasteiger partial charge on any atom is 0.270 e. The number of amides is 1. The van der Waals surface area contributed by atoms with Crippen molar-refractivity contribution in [2.24, 2.45) is 0 Å². The minimum Gasteiger partial charge on any atom is -0.379 e. The maximum absolute atomic E-state index is 11.8. The number of anilines is 1. The second-order valence-electron chi connectivity index (χ2n) is 4.64. The molecule has 1 aromatic heterocycles. The first-order chi connectivity index (χ1) is 10.3. The topological polar surface area (TPSA) is 79.4 Å². The summed E-state index contributed by atoms with van der Waals surface area (Å²) in [6.45, 7) is 9.09. The average Bonchev–Trinajstić information content (AvgIpc) is 2.54. The van der Waals surface area contributed by atoms with Gasteiger partial charge >= 0.3 is 0 Å². The van der Waals surface area contributed by atoms with Crippen LogP contribution in [-0.4, -0.2) is 66.7 Å². The lowest BCUT2D eigenvalue weighted by Crippen LogP contribution is -2.39. The van der Waals surface area contributed by atoms with Crippen molar-refractivity contribution in [3.8, 4) is 0 Å². The Bertz CT molecular complexity index is 474. The van der Waals surface area contributed by atoms with Gasteiger partial charge in [0.15, 0.2) is 0 Å². The van der Waals surface area contributed by atoms with Crippen LogP contribution in [0.1, 0.15) is 10.5 Å². The first kappa shape index (κ1) is 15.4. The molecule has 0 spiro atoms. The van der Waals surface area contributed by atoms with E-state index in [9.17, 15) is 4.79 Å². The van der Waals surface area contributed by atoms with Crippen LogP contribution >= 0.6 is 0 Å². The van der Waals surface area contributed by atoms with E-state index in [2.05, 4.69) is 32.1 Å². The monoisotopic (exact) mass is 291 g/mol. The number of carbonyl (C=O) groups is 1. The lowest BCUT2D eigenvalue weighted by molar-refractivity contribution is 0.0398. The molecule has 2 rings (SSSR count). The normalized spacial score (nSPS) is 15.4. The number of hydrogen-bond acceptors (Lipinski definition) is 6. The third-order valence-corrected chi connectivity index (χ3v) is 3.11. The Morgan fingerprint density at radius 3 is 3.05 bits per heavy atom. The number of nitrogens with one attached hydrogen (secondary N) is 2. The van der Waals surface area contributed by atoms with Gasteiger partial charge in [-0.2, -0.15) is 0 Å². The van der Waals surface area contributed by atoms with Crippen molar-refractivity contribution in [2.75, 3.05) is 51.3 Å². The highest BCUT2D eigenvalue weighted by atomic mass is 16.5. The van der Waals surface area contributed by atoms with Crippen LogP contribution in [0.4, 0.5) is 5.95 Å². The summed E-state index contributed by atoms with van der Waals surface area (Å²) in [5, 5.41) is 5.82. The maximum atomic E-state index is 11.8. The Morgan fingerprint density at radius 1 is 1.48 bits per heavy atom. The van der Waals surface area contributed by atoms with Crippen molar-refractivity contribution in [1.82, 2.24) is 20.2 Å². The van der Waals surface area contributed by atoms with Gasteiger partial charge < -0.3 is 15.4 Å². The molecule has 0 bridgehead atoms. The molecule has 7 heteroatoms. The molecular weight excluding hydrogens is 270 g/mol. The molecule has 7 nitrogen and oxygen atoms in total. The highest BCUT2D eigenvalue weighted by molar-refractivity contribution is 5.92. The fourth-order valence-electron chi connectivity index (χ4n) is 1.98. The summed E-state index contributed by atoms with van der Waals surface area (Å²) in [6.07, 6.45) is 3.20. The second-order valence-corrected chi connectivity index (χ2v) is 4.64. The van der Waals surface area contributed by atoms with Crippen molar-refractivity contribution in [3.63, 3.8) is 0 Å². The van der Waals surface area contributed by atoms with Gasteiger partial charge in [-0.25, -0.2) is 9.97 Å². The predicted molar refractivity (Wildman–Crippen MR) is 80.3 cm³/mol. The van der Waals surface area contributed by atoms with Crippen LogP contribution in [0.5, 0.6) is 0 Å². The van der Waals surface area contributed by atoms with Crippen molar-refractivity contribution >= 4 is 11.9 Å². The van der Waals surface area contributed by atoms with Crippen molar-refractivity contribution in [3.05, 3.63) is 30.6 Å². The first-order valence-corrected chi connectivity index (χ1v) is 7.05. The summed E-state index contributed by atoms with van der Waals surface area (Å²) in [5.41, 5.74) is 0.348. The van der Waals surface area contributed by atoms with Gasteiger partial charge in [-0.3, -0.25) is 9.69 Å². The zero-order valence-corrected chi connectivity index (χ0v) is 12.0. The molecule has 21 heavy (non-hydrogen) atoms. The van der Waals surface area contributed by atoms with E-state index in [0.29, 0.717) is 18.2 Å². The van der Waals surface area contributed by atoms with Crippen molar-refractivity contribution in [2.45, 2.75) is 0 Å². The largest absolute Gasteiger partial charge is 0.379 e. The quantitative estimate of drug-likeness (QED) is 0.696. The van der Waals surface area contributed by atoms with Crippen molar-refractivity contribution in [1.29, 1.82) is 0 Å². The highest BCUT2D eigenvalue weighted by Gasteiger charge is 2.10. The van der Waals surface area contributed by atoms with Gasteiger partial charge in [0.1, 0.15) is 5.69 Å². The number of nitrogens with zero attached hydrogens (tertiary/aromatic N) is 3. The van der Waals surface area contributed by atoms with Gasteiger partial charge in [0.25, 0.3) is 5.91 Å². The Morgan fingerprint density at radius 2 is 2.29 bits per heavy atom. The van der Waals surface area contributed by atoms with E-state index >= 15 is 0 Å². The van der Waals surface area contributed by atoms with Crippen LogP contribution in [0.25, 0.3) is 0 Å². The SMILES string of the molecule is C=CCNC(=O)c1ccnc(NCCN2CCOCC2)n1. The van der Waals surface area contributed by atoms with Gasteiger partial charge in [-0.05, 0) is 6.07 Å². The standard InChI is InChI=1S/C14H21N5O2/c1-2-4-15-13(20)12-3-5-16-14(18-12)17-6-7-19-8-10-21-11-9-19/h2-3,5H,1,4,6-11H2,(H,15,20)(H,16,17,18). The van der Waals surface area contributed by atoms with Crippen LogP contribution in [0.2, 0.25) is 0 Å². The van der Waals surface area contributed by atoms with Gasteiger partial charge in [0.05, 0.1) is 13.2 Å². The zero-order valence-electron chi connectivity index (χ0n) is 12.0. The van der Waals surface area contributed by atoms with Gasteiger partial charge in [-0.15, -0.1) is 6.58 Å². The molecule has 1 amide bonds. The van der Waals surface area contributed by atoms with E-state index < -0.39 is 0 Å². The van der Waals surface area contributed by atoms with E-state index in [1.54, 1.807) is 18.3 Å². The molecule has 1 fully saturated rings.